The molecule has 0 radical (unpaired) electrons. The molecule has 1 aliphatic rings. The number of benzene rings is 1. The smallest absolute Gasteiger partial charge is 0.243 e. The number of sulfonamides is 1. The van der Waals surface area contributed by atoms with E-state index in [-0.39, 0.29) is 12.0 Å². The zero-order valence-corrected chi connectivity index (χ0v) is 12.4. The minimum atomic E-state index is -3.37. The van der Waals surface area contributed by atoms with Crippen molar-refractivity contribution in [2.45, 2.75) is 37.6 Å². The predicted molar refractivity (Wildman–Crippen MR) is 76.3 cm³/mol. The van der Waals surface area contributed by atoms with E-state index in [4.69, 9.17) is 5.73 Å². The van der Waals surface area contributed by atoms with Crippen LogP contribution in [0.3, 0.4) is 0 Å². The van der Waals surface area contributed by atoms with Gasteiger partial charge in [0.05, 0.1) is 4.90 Å². The fraction of sp³-hybridized carbons (Fsp3) is 0.571. The van der Waals surface area contributed by atoms with Gasteiger partial charge in [0.2, 0.25) is 10.0 Å². The van der Waals surface area contributed by atoms with Gasteiger partial charge in [-0.2, -0.15) is 4.31 Å². The summed E-state index contributed by atoms with van der Waals surface area (Å²) < 4.78 is 26.8. The third-order valence-corrected chi connectivity index (χ3v) is 5.65. The Labute approximate surface area is 115 Å². The Morgan fingerprint density at radius 3 is 2.79 bits per heavy atom. The van der Waals surface area contributed by atoms with Crippen molar-refractivity contribution in [2.24, 2.45) is 11.7 Å². The first kappa shape index (κ1) is 14.5. The standard InChI is InChI=1S/C14H22N2O2S/c1-11-5-3-7-14(9-11)19(17,18)16-8-4-6-13(10-16)12(2)15/h3,5,7,9,12-13H,4,6,8,10,15H2,1-2H3/t12-,13-/m0/s1. The van der Waals surface area contributed by atoms with Crippen molar-refractivity contribution in [1.29, 1.82) is 0 Å². The van der Waals surface area contributed by atoms with Gasteiger partial charge in [-0.05, 0) is 50.3 Å². The molecular weight excluding hydrogens is 260 g/mol. The van der Waals surface area contributed by atoms with E-state index in [1.165, 1.54) is 0 Å². The average molecular weight is 282 g/mol. The fourth-order valence-corrected chi connectivity index (χ4v) is 4.19. The number of hydrogen-bond donors (Lipinski definition) is 1. The van der Waals surface area contributed by atoms with Gasteiger partial charge in [0.15, 0.2) is 0 Å². The normalized spacial score (nSPS) is 23.2. The van der Waals surface area contributed by atoms with Crippen molar-refractivity contribution in [3.8, 4) is 0 Å². The first-order valence-corrected chi connectivity index (χ1v) is 8.17. The monoisotopic (exact) mass is 282 g/mol. The van der Waals surface area contributed by atoms with Crippen molar-refractivity contribution in [3.63, 3.8) is 0 Å². The molecule has 1 aromatic rings. The molecule has 1 saturated heterocycles. The van der Waals surface area contributed by atoms with Gasteiger partial charge in [0.25, 0.3) is 0 Å². The number of nitrogens with two attached hydrogens (primary N) is 1. The van der Waals surface area contributed by atoms with E-state index < -0.39 is 10.0 Å². The second-order valence-electron chi connectivity index (χ2n) is 5.44. The molecular formula is C14H22N2O2S. The summed E-state index contributed by atoms with van der Waals surface area (Å²) in [6.45, 7) is 4.99. The van der Waals surface area contributed by atoms with Gasteiger partial charge in [0, 0.05) is 19.1 Å². The highest BCUT2D eigenvalue weighted by Gasteiger charge is 2.31. The molecule has 2 rings (SSSR count). The van der Waals surface area contributed by atoms with Gasteiger partial charge in [-0.1, -0.05) is 12.1 Å². The summed E-state index contributed by atoms with van der Waals surface area (Å²) in [6, 6.07) is 7.12. The Morgan fingerprint density at radius 2 is 2.16 bits per heavy atom. The van der Waals surface area contributed by atoms with Crippen molar-refractivity contribution >= 4 is 10.0 Å². The Hall–Kier alpha value is -0.910. The number of aryl methyl sites for hydroxylation is 1. The van der Waals surface area contributed by atoms with Crippen LogP contribution < -0.4 is 5.73 Å². The second kappa shape index (κ2) is 5.61. The summed E-state index contributed by atoms with van der Waals surface area (Å²) in [4.78, 5) is 0.387. The van der Waals surface area contributed by atoms with Crippen molar-refractivity contribution in [1.82, 2.24) is 4.31 Å². The minimum Gasteiger partial charge on any atom is -0.328 e. The third kappa shape index (κ3) is 3.16. The Balaban J connectivity index is 2.24. The van der Waals surface area contributed by atoms with E-state index in [1.54, 1.807) is 22.5 Å². The van der Waals surface area contributed by atoms with Gasteiger partial charge < -0.3 is 5.73 Å². The Kier molecular flexibility index (Phi) is 4.28. The molecule has 19 heavy (non-hydrogen) atoms. The van der Waals surface area contributed by atoms with E-state index >= 15 is 0 Å². The molecule has 4 nitrogen and oxygen atoms in total. The van der Waals surface area contributed by atoms with Crippen molar-refractivity contribution in [2.75, 3.05) is 13.1 Å². The summed E-state index contributed by atoms with van der Waals surface area (Å²) in [5, 5.41) is 0. The van der Waals surface area contributed by atoms with Gasteiger partial charge in [-0.15, -0.1) is 0 Å². The van der Waals surface area contributed by atoms with Crippen LogP contribution in [0.25, 0.3) is 0 Å². The lowest BCUT2D eigenvalue weighted by Crippen LogP contribution is -2.44. The fourth-order valence-electron chi connectivity index (χ4n) is 2.55. The number of rotatable bonds is 3. The first-order chi connectivity index (χ1) is 8.91. The largest absolute Gasteiger partial charge is 0.328 e. The molecule has 1 fully saturated rings. The van der Waals surface area contributed by atoms with Crippen LogP contribution in [0.2, 0.25) is 0 Å². The minimum absolute atomic E-state index is 0.0375. The SMILES string of the molecule is Cc1cccc(S(=O)(=O)N2CCC[C@H]([C@H](C)N)C2)c1. The Morgan fingerprint density at radius 1 is 1.42 bits per heavy atom. The molecule has 2 atom stereocenters. The highest BCUT2D eigenvalue weighted by Crippen LogP contribution is 2.25. The molecule has 1 aromatic carbocycles. The van der Waals surface area contributed by atoms with Crippen molar-refractivity contribution in [3.05, 3.63) is 29.8 Å². The van der Waals surface area contributed by atoms with E-state index in [0.717, 1.165) is 18.4 Å². The van der Waals surface area contributed by atoms with E-state index in [1.807, 2.05) is 19.9 Å². The lowest BCUT2D eigenvalue weighted by Gasteiger charge is -2.33. The molecule has 1 aliphatic heterocycles. The molecule has 5 heteroatoms. The lowest BCUT2D eigenvalue weighted by atomic mass is 9.93. The van der Waals surface area contributed by atoms with Crippen LogP contribution in [0.1, 0.15) is 25.3 Å². The molecule has 0 aliphatic carbocycles. The zero-order valence-electron chi connectivity index (χ0n) is 11.5. The summed E-state index contributed by atoms with van der Waals surface area (Å²) in [6.07, 6.45) is 1.90. The highest BCUT2D eigenvalue weighted by molar-refractivity contribution is 7.89. The number of piperidine rings is 1. The zero-order chi connectivity index (χ0) is 14.0. The van der Waals surface area contributed by atoms with Crippen LogP contribution in [-0.2, 0) is 10.0 Å². The predicted octanol–water partition coefficient (Wildman–Crippen LogP) is 1.74. The maximum absolute atomic E-state index is 12.6. The first-order valence-electron chi connectivity index (χ1n) is 6.73. The molecule has 0 aromatic heterocycles. The van der Waals surface area contributed by atoms with Crippen LogP contribution >= 0.6 is 0 Å². The number of hydrogen-bond acceptors (Lipinski definition) is 3. The lowest BCUT2D eigenvalue weighted by molar-refractivity contribution is 0.243. The van der Waals surface area contributed by atoms with Crippen LogP contribution in [-0.4, -0.2) is 31.9 Å². The highest BCUT2D eigenvalue weighted by atomic mass is 32.2. The molecule has 0 spiro atoms. The van der Waals surface area contributed by atoms with Gasteiger partial charge >= 0.3 is 0 Å². The van der Waals surface area contributed by atoms with E-state index in [9.17, 15) is 8.42 Å². The topological polar surface area (TPSA) is 63.4 Å². The molecule has 0 bridgehead atoms. The molecule has 1 heterocycles. The van der Waals surface area contributed by atoms with Crippen LogP contribution in [0.5, 0.6) is 0 Å². The average Bonchev–Trinajstić information content (AvgIpc) is 2.39. The summed E-state index contributed by atoms with van der Waals surface area (Å²) in [5.74, 6) is 0.258. The molecule has 2 N–H and O–H groups in total. The van der Waals surface area contributed by atoms with E-state index in [2.05, 4.69) is 0 Å². The maximum atomic E-state index is 12.6. The number of nitrogens with zero attached hydrogens (tertiary/aromatic N) is 1. The quantitative estimate of drug-likeness (QED) is 0.918. The molecule has 0 saturated carbocycles. The van der Waals surface area contributed by atoms with Crippen LogP contribution in [0.4, 0.5) is 0 Å². The summed E-state index contributed by atoms with van der Waals surface area (Å²) >= 11 is 0. The summed E-state index contributed by atoms with van der Waals surface area (Å²) in [5.41, 5.74) is 6.87. The maximum Gasteiger partial charge on any atom is 0.243 e. The van der Waals surface area contributed by atoms with E-state index in [0.29, 0.717) is 18.0 Å². The molecule has 0 unspecified atom stereocenters. The molecule has 106 valence electrons. The van der Waals surface area contributed by atoms with Gasteiger partial charge in [-0.25, -0.2) is 8.42 Å². The molecule has 0 amide bonds. The second-order valence-corrected chi connectivity index (χ2v) is 7.38. The van der Waals surface area contributed by atoms with Crippen LogP contribution in [0.15, 0.2) is 29.2 Å². The van der Waals surface area contributed by atoms with Gasteiger partial charge in [-0.3, -0.25) is 0 Å². The van der Waals surface area contributed by atoms with Gasteiger partial charge in [0.1, 0.15) is 0 Å². The van der Waals surface area contributed by atoms with Crippen LogP contribution in [0, 0.1) is 12.8 Å². The summed E-state index contributed by atoms with van der Waals surface area (Å²) in [7, 11) is -3.37. The van der Waals surface area contributed by atoms with Crippen molar-refractivity contribution < 1.29 is 8.42 Å². The third-order valence-electron chi connectivity index (χ3n) is 3.79. The Bertz CT molecular complexity index is 540.